The van der Waals surface area contributed by atoms with Crippen molar-refractivity contribution in [3.8, 4) is 0 Å². The molecule has 0 aliphatic carbocycles. The lowest BCUT2D eigenvalue weighted by Crippen LogP contribution is -2.48. The highest BCUT2D eigenvalue weighted by atomic mass is 35.5. The number of aryl methyl sites for hydroxylation is 1. The van der Waals surface area contributed by atoms with E-state index in [0.717, 1.165) is 37.0 Å². The van der Waals surface area contributed by atoms with Gasteiger partial charge in [-0.2, -0.15) is 0 Å². The van der Waals surface area contributed by atoms with E-state index in [9.17, 15) is 0 Å². The van der Waals surface area contributed by atoms with Crippen molar-refractivity contribution in [2.75, 3.05) is 26.2 Å². The summed E-state index contributed by atoms with van der Waals surface area (Å²) in [6.07, 6.45) is 0. The summed E-state index contributed by atoms with van der Waals surface area (Å²) in [6, 6.07) is 8.81. The molecule has 0 bridgehead atoms. The van der Waals surface area contributed by atoms with Gasteiger partial charge in [0.2, 0.25) is 0 Å². The molecule has 2 heterocycles. The number of hydrogen-bond donors (Lipinski definition) is 0. The van der Waals surface area contributed by atoms with Crippen LogP contribution in [0, 0.1) is 0 Å². The maximum absolute atomic E-state index is 5.98. The lowest BCUT2D eigenvalue weighted by Gasteiger charge is -2.40. The van der Waals surface area contributed by atoms with E-state index in [2.05, 4.69) is 51.3 Å². The van der Waals surface area contributed by atoms with Crippen LogP contribution < -0.4 is 0 Å². The molecule has 0 N–H and O–H groups in total. The van der Waals surface area contributed by atoms with Gasteiger partial charge in [0.05, 0.1) is 6.04 Å². The van der Waals surface area contributed by atoms with Crippen molar-refractivity contribution < 1.29 is 0 Å². The Morgan fingerprint density at radius 1 is 0.957 bits per heavy atom. The maximum Gasteiger partial charge on any atom is 0.167 e. The molecule has 1 fully saturated rings. The van der Waals surface area contributed by atoms with Crippen LogP contribution in [-0.2, 0) is 7.05 Å². The third-order valence-corrected chi connectivity index (χ3v) is 5.08. The Labute approximate surface area is 142 Å². The lowest BCUT2D eigenvalue weighted by atomic mass is 10.1. The largest absolute Gasteiger partial charge is 0.294 e. The van der Waals surface area contributed by atoms with Gasteiger partial charge in [-0.25, -0.2) is 4.68 Å². The van der Waals surface area contributed by atoms with Gasteiger partial charge in [-0.05, 0) is 42.0 Å². The zero-order valence-electron chi connectivity index (χ0n) is 13.9. The first kappa shape index (κ1) is 16.4. The number of hydrogen-bond acceptors (Lipinski definition) is 5. The summed E-state index contributed by atoms with van der Waals surface area (Å²) in [5.41, 5.74) is 1.31. The van der Waals surface area contributed by atoms with Gasteiger partial charge in [0.15, 0.2) is 5.82 Å². The molecule has 6 nitrogen and oxygen atoms in total. The van der Waals surface area contributed by atoms with E-state index < -0.39 is 0 Å². The lowest BCUT2D eigenvalue weighted by molar-refractivity contribution is 0.0746. The molecule has 124 valence electrons. The van der Waals surface area contributed by atoms with E-state index in [4.69, 9.17) is 11.6 Å². The predicted octanol–water partition coefficient (Wildman–Crippen LogP) is 2.30. The minimum atomic E-state index is 0.239. The molecular formula is C16H23ClN6. The van der Waals surface area contributed by atoms with Crippen molar-refractivity contribution in [2.45, 2.75) is 25.9 Å². The smallest absolute Gasteiger partial charge is 0.167 e. The number of benzene rings is 1. The number of aromatic nitrogens is 4. The second-order valence-corrected chi connectivity index (χ2v) is 6.57. The summed E-state index contributed by atoms with van der Waals surface area (Å²) in [7, 11) is 1.89. The van der Waals surface area contributed by atoms with Crippen LogP contribution in [0.1, 0.15) is 37.3 Å². The van der Waals surface area contributed by atoms with E-state index >= 15 is 0 Å². The minimum Gasteiger partial charge on any atom is -0.294 e. The standard InChI is InChI=1S/C16H23ClN6/c1-12(14-4-6-15(17)7-5-14)22-8-10-23(11-9-22)13(2)16-18-19-20-21(16)3/h4-7,12-13H,8-11H2,1-3H3. The van der Waals surface area contributed by atoms with Crippen LogP contribution in [0.4, 0.5) is 0 Å². The van der Waals surface area contributed by atoms with Crippen LogP contribution in [0.25, 0.3) is 0 Å². The van der Waals surface area contributed by atoms with Crippen LogP contribution in [-0.4, -0.2) is 56.2 Å². The summed E-state index contributed by atoms with van der Waals surface area (Å²) in [6.45, 7) is 8.55. The minimum absolute atomic E-state index is 0.239. The quantitative estimate of drug-likeness (QED) is 0.858. The average molecular weight is 335 g/mol. The molecular weight excluding hydrogens is 312 g/mol. The Kier molecular flexibility index (Phi) is 4.94. The fraction of sp³-hybridized carbons (Fsp3) is 0.562. The monoisotopic (exact) mass is 334 g/mol. The molecule has 1 aliphatic rings. The van der Waals surface area contributed by atoms with E-state index in [1.54, 1.807) is 4.68 Å². The van der Waals surface area contributed by atoms with Crippen molar-refractivity contribution in [3.05, 3.63) is 40.7 Å². The Hall–Kier alpha value is -1.50. The second-order valence-electron chi connectivity index (χ2n) is 6.14. The zero-order chi connectivity index (χ0) is 16.4. The van der Waals surface area contributed by atoms with E-state index in [1.807, 2.05) is 19.2 Å². The fourth-order valence-electron chi connectivity index (χ4n) is 3.22. The van der Waals surface area contributed by atoms with E-state index in [0.29, 0.717) is 6.04 Å². The van der Waals surface area contributed by atoms with Gasteiger partial charge >= 0.3 is 0 Å². The van der Waals surface area contributed by atoms with Crippen LogP contribution in [0.15, 0.2) is 24.3 Å². The van der Waals surface area contributed by atoms with Crippen molar-refractivity contribution in [2.24, 2.45) is 7.05 Å². The van der Waals surface area contributed by atoms with Gasteiger partial charge in [-0.1, -0.05) is 23.7 Å². The molecule has 2 atom stereocenters. The summed E-state index contributed by atoms with van der Waals surface area (Å²) >= 11 is 5.98. The molecule has 0 spiro atoms. The average Bonchev–Trinajstić information content (AvgIpc) is 3.00. The van der Waals surface area contributed by atoms with E-state index in [-0.39, 0.29) is 6.04 Å². The maximum atomic E-state index is 5.98. The van der Waals surface area contributed by atoms with Gasteiger partial charge in [-0.3, -0.25) is 9.80 Å². The molecule has 1 aromatic heterocycles. The third kappa shape index (κ3) is 3.54. The molecule has 1 saturated heterocycles. The summed E-state index contributed by atoms with van der Waals surface area (Å²) in [5, 5.41) is 12.6. The number of rotatable bonds is 4. The second kappa shape index (κ2) is 6.95. The summed E-state index contributed by atoms with van der Waals surface area (Å²) in [4.78, 5) is 4.96. The van der Waals surface area contributed by atoms with Gasteiger partial charge in [0, 0.05) is 44.3 Å². The van der Waals surface area contributed by atoms with Crippen molar-refractivity contribution in [1.29, 1.82) is 0 Å². The highest BCUT2D eigenvalue weighted by molar-refractivity contribution is 6.30. The highest BCUT2D eigenvalue weighted by Crippen LogP contribution is 2.25. The Balaban J connectivity index is 1.60. The first-order valence-corrected chi connectivity index (χ1v) is 8.40. The number of tetrazole rings is 1. The highest BCUT2D eigenvalue weighted by Gasteiger charge is 2.27. The molecule has 0 amide bonds. The number of nitrogens with zero attached hydrogens (tertiary/aromatic N) is 6. The number of halogens is 1. The molecule has 2 aromatic rings. The molecule has 2 unspecified atom stereocenters. The predicted molar refractivity (Wildman–Crippen MR) is 90.2 cm³/mol. The van der Waals surface area contributed by atoms with Gasteiger partial charge in [0.1, 0.15) is 0 Å². The molecule has 0 radical (unpaired) electrons. The summed E-state index contributed by atoms with van der Waals surface area (Å²) < 4.78 is 1.76. The summed E-state index contributed by atoms with van der Waals surface area (Å²) in [5.74, 6) is 0.921. The van der Waals surface area contributed by atoms with Crippen LogP contribution >= 0.6 is 11.6 Å². The first-order chi connectivity index (χ1) is 11.1. The molecule has 1 aliphatic heterocycles. The molecule has 1 aromatic carbocycles. The Morgan fingerprint density at radius 2 is 1.52 bits per heavy atom. The van der Waals surface area contributed by atoms with Crippen molar-refractivity contribution in [1.82, 2.24) is 30.0 Å². The molecule has 7 heteroatoms. The molecule has 3 rings (SSSR count). The topological polar surface area (TPSA) is 50.1 Å². The fourth-order valence-corrected chi connectivity index (χ4v) is 3.34. The third-order valence-electron chi connectivity index (χ3n) is 4.82. The van der Waals surface area contributed by atoms with Crippen LogP contribution in [0.3, 0.4) is 0 Å². The van der Waals surface area contributed by atoms with Crippen LogP contribution in [0.2, 0.25) is 5.02 Å². The Morgan fingerprint density at radius 3 is 2.04 bits per heavy atom. The normalized spacial score (nSPS) is 19.7. The number of piperazine rings is 1. The van der Waals surface area contributed by atoms with Crippen molar-refractivity contribution in [3.63, 3.8) is 0 Å². The SMILES string of the molecule is CC(c1ccc(Cl)cc1)N1CCN(C(C)c2nnnn2C)CC1. The Bertz CT molecular complexity index is 632. The van der Waals surface area contributed by atoms with E-state index in [1.165, 1.54) is 5.56 Å². The molecule has 23 heavy (non-hydrogen) atoms. The van der Waals surface area contributed by atoms with Gasteiger partial charge in [0.25, 0.3) is 0 Å². The zero-order valence-corrected chi connectivity index (χ0v) is 14.6. The molecule has 0 saturated carbocycles. The van der Waals surface area contributed by atoms with Crippen LogP contribution in [0.5, 0.6) is 0 Å². The van der Waals surface area contributed by atoms with Gasteiger partial charge in [-0.15, -0.1) is 5.10 Å². The van der Waals surface area contributed by atoms with Gasteiger partial charge < -0.3 is 0 Å². The van der Waals surface area contributed by atoms with Crippen molar-refractivity contribution >= 4 is 11.6 Å². The first-order valence-electron chi connectivity index (χ1n) is 8.02.